The predicted molar refractivity (Wildman–Crippen MR) is 105 cm³/mol. The number of carbonyl (C=O) groups is 2. The van der Waals surface area contributed by atoms with Crippen LogP contribution in [-0.2, 0) is 14.3 Å². The fourth-order valence-electron chi connectivity index (χ4n) is 3.69. The zero-order valence-corrected chi connectivity index (χ0v) is 16.5. The van der Waals surface area contributed by atoms with Gasteiger partial charge in [0, 0.05) is 34.7 Å². The largest absolute Gasteiger partial charge is 0.461 e. The Morgan fingerprint density at radius 1 is 1.33 bits per heavy atom. The summed E-state index contributed by atoms with van der Waals surface area (Å²) in [5.74, 6) is -0.00933. The number of hydrogen-bond acceptors (Lipinski definition) is 5. The maximum absolute atomic E-state index is 14.6. The van der Waals surface area contributed by atoms with Crippen molar-refractivity contribution < 1.29 is 18.7 Å². The molecule has 0 radical (unpaired) electrons. The molecule has 1 aliphatic carbocycles. The number of esters is 1. The molecule has 1 aliphatic heterocycles. The first-order valence-corrected chi connectivity index (χ1v) is 10.4. The summed E-state index contributed by atoms with van der Waals surface area (Å²) in [4.78, 5) is 25.6. The van der Waals surface area contributed by atoms with E-state index in [4.69, 9.17) is 4.74 Å². The molecule has 144 valence electrons. The van der Waals surface area contributed by atoms with Crippen LogP contribution in [0.1, 0.15) is 44.6 Å². The zero-order valence-electron chi connectivity index (χ0n) is 15.6. The topological polar surface area (TPSA) is 55.4 Å². The van der Waals surface area contributed by atoms with Crippen molar-refractivity contribution in [3.8, 4) is 0 Å². The first kappa shape index (κ1) is 19.7. The molecule has 1 aromatic rings. The molecule has 0 bridgehead atoms. The van der Waals surface area contributed by atoms with Crippen LogP contribution in [0.4, 0.5) is 4.39 Å². The molecule has 3 rings (SSSR count). The molecule has 1 atom stereocenters. The molecule has 0 aromatic heterocycles. The van der Waals surface area contributed by atoms with E-state index >= 15 is 0 Å². The van der Waals surface area contributed by atoms with Crippen molar-refractivity contribution in [3.63, 3.8) is 0 Å². The van der Waals surface area contributed by atoms with Crippen LogP contribution in [0.5, 0.6) is 0 Å². The maximum atomic E-state index is 14.6. The lowest BCUT2D eigenvalue weighted by Gasteiger charge is -2.34. The van der Waals surface area contributed by atoms with E-state index in [1.54, 1.807) is 36.9 Å². The normalized spacial score (nSPS) is 19.7. The van der Waals surface area contributed by atoms with Gasteiger partial charge in [-0.3, -0.25) is 4.79 Å². The number of thioether (sulfide) groups is 1. The van der Waals surface area contributed by atoms with Gasteiger partial charge < -0.3 is 10.1 Å². The number of Topliss-reactive ketones (excluding diaryl/α,β-unsaturated/α-hetero) is 1. The van der Waals surface area contributed by atoms with E-state index in [-0.39, 0.29) is 12.4 Å². The van der Waals surface area contributed by atoms with Gasteiger partial charge in [-0.2, -0.15) is 11.8 Å². The van der Waals surface area contributed by atoms with Crippen molar-refractivity contribution in [3.05, 3.63) is 58.2 Å². The lowest BCUT2D eigenvalue weighted by molar-refractivity contribution is -0.138. The standard InChI is InChI=1S/C21H24FNO3S/c1-3-27-12-11-26-21(25)18-13(2)23-16-9-6-10-17(24)20(16)19(18)14-7-4-5-8-15(14)22/h4-5,7-8,19,23H,3,6,9-12H2,1-2H3/t19-/m0/s1. The van der Waals surface area contributed by atoms with Crippen LogP contribution < -0.4 is 5.32 Å². The third kappa shape index (κ3) is 4.10. The second-order valence-corrected chi connectivity index (χ2v) is 8.01. The van der Waals surface area contributed by atoms with Gasteiger partial charge in [0.25, 0.3) is 0 Å². The number of benzene rings is 1. The van der Waals surface area contributed by atoms with Gasteiger partial charge in [0.05, 0.1) is 11.5 Å². The van der Waals surface area contributed by atoms with Gasteiger partial charge in [-0.15, -0.1) is 0 Å². The summed E-state index contributed by atoms with van der Waals surface area (Å²) in [5, 5.41) is 3.21. The van der Waals surface area contributed by atoms with Gasteiger partial charge in [0.15, 0.2) is 5.78 Å². The average Bonchev–Trinajstić information content (AvgIpc) is 2.65. The monoisotopic (exact) mass is 389 g/mol. The molecular weight excluding hydrogens is 365 g/mol. The summed E-state index contributed by atoms with van der Waals surface area (Å²) < 4.78 is 20.1. The van der Waals surface area contributed by atoms with Crippen molar-refractivity contribution >= 4 is 23.5 Å². The molecule has 2 aliphatic rings. The van der Waals surface area contributed by atoms with E-state index in [1.807, 2.05) is 6.92 Å². The molecule has 0 unspecified atom stereocenters. The number of hydrogen-bond donors (Lipinski definition) is 1. The van der Waals surface area contributed by atoms with E-state index in [0.29, 0.717) is 34.6 Å². The molecular formula is C21H24FNO3S. The Kier molecular flexibility index (Phi) is 6.37. The van der Waals surface area contributed by atoms with E-state index in [2.05, 4.69) is 5.32 Å². The van der Waals surface area contributed by atoms with Crippen LogP contribution in [0.2, 0.25) is 0 Å². The highest BCUT2D eigenvalue weighted by Crippen LogP contribution is 2.43. The Morgan fingerprint density at radius 2 is 2.11 bits per heavy atom. The Bertz CT molecular complexity index is 815. The van der Waals surface area contributed by atoms with Gasteiger partial charge in [0.2, 0.25) is 0 Å². The maximum Gasteiger partial charge on any atom is 0.336 e. The van der Waals surface area contributed by atoms with Crippen molar-refractivity contribution in [2.75, 3.05) is 18.1 Å². The molecule has 4 nitrogen and oxygen atoms in total. The lowest BCUT2D eigenvalue weighted by atomic mass is 9.75. The van der Waals surface area contributed by atoms with Crippen LogP contribution in [0.15, 0.2) is 46.8 Å². The number of rotatable bonds is 6. The van der Waals surface area contributed by atoms with Gasteiger partial charge in [-0.25, -0.2) is 9.18 Å². The summed E-state index contributed by atoms with van der Waals surface area (Å²) in [7, 11) is 0. The number of halogens is 1. The summed E-state index contributed by atoms with van der Waals surface area (Å²) in [5.41, 5.74) is 2.61. The van der Waals surface area contributed by atoms with Gasteiger partial charge in [0.1, 0.15) is 12.4 Å². The highest BCUT2D eigenvalue weighted by atomic mass is 32.2. The Labute approximate surface area is 163 Å². The van der Waals surface area contributed by atoms with Crippen LogP contribution in [0, 0.1) is 5.82 Å². The van der Waals surface area contributed by atoms with Gasteiger partial charge >= 0.3 is 5.97 Å². The van der Waals surface area contributed by atoms with Gasteiger partial charge in [-0.05, 0) is 31.6 Å². The Hall–Kier alpha value is -2.08. The zero-order chi connectivity index (χ0) is 19.4. The Morgan fingerprint density at radius 3 is 2.85 bits per heavy atom. The molecule has 6 heteroatoms. The van der Waals surface area contributed by atoms with Crippen LogP contribution in [-0.4, -0.2) is 29.9 Å². The summed E-state index contributed by atoms with van der Waals surface area (Å²) in [6.45, 7) is 4.12. The summed E-state index contributed by atoms with van der Waals surface area (Å²) in [6.07, 6.45) is 1.90. The first-order chi connectivity index (χ1) is 13.0. The number of carbonyl (C=O) groups excluding carboxylic acids is 2. The van der Waals surface area contributed by atoms with Crippen LogP contribution in [0.25, 0.3) is 0 Å². The smallest absolute Gasteiger partial charge is 0.336 e. The minimum Gasteiger partial charge on any atom is -0.461 e. The summed E-state index contributed by atoms with van der Waals surface area (Å²) >= 11 is 1.68. The first-order valence-electron chi connectivity index (χ1n) is 9.27. The minimum absolute atomic E-state index is 0.0312. The number of ether oxygens (including phenoxy) is 1. The molecule has 0 amide bonds. The molecule has 0 fully saturated rings. The summed E-state index contributed by atoms with van der Waals surface area (Å²) in [6, 6.07) is 6.34. The van der Waals surface area contributed by atoms with E-state index in [9.17, 15) is 14.0 Å². The fourth-order valence-corrected chi connectivity index (χ4v) is 4.18. The molecule has 0 saturated carbocycles. The number of nitrogens with one attached hydrogen (secondary N) is 1. The SMILES string of the molecule is CCSCCOC(=O)C1=C(C)NC2=C(C(=O)CCC2)[C@H]1c1ccccc1F. The van der Waals surface area contributed by atoms with Crippen molar-refractivity contribution in [2.24, 2.45) is 0 Å². The molecule has 0 spiro atoms. The minimum atomic E-state index is -0.721. The fraction of sp³-hybridized carbons (Fsp3) is 0.429. The Balaban J connectivity index is 2.01. The second-order valence-electron chi connectivity index (χ2n) is 6.62. The number of dihydropyridines is 1. The number of allylic oxidation sites excluding steroid dienone is 3. The van der Waals surface area contributed by atoms with E-state index in [0.717, 1.165) is 24.3 Å². The van der Waals surface area contributed by atoms with Crippen LogP contribution >= 0.6 is 11.8 Å². The molecule has 1 heterocycles. The second kappa shape index (κ2) is 8.74. The van der Waals surface area contributed by atoms with Crippen LogP contribution in [0.3, 0.4) is 0 Å². The number of ketones is 1. The third-order valence-corrected chi connectivity index (χ3v) is 5.74. The molecule has 27 heavy (non-hydrogen) atoms. The highest BCUT2D eigenvalue weighted by molar-refractivity contribution is 7.99. The third-order valence-electron chi connectivity index (χ3n) is 4.88. The van der Waals surface area contributed by atoms with Crippen molar-refractivity contribution in [1.29, 1.82) is 0 Å². The quantitative estimate of drug-likeness (QED) is 0.587. The molecule has 1 N–H and O–H groups in total. The van der Waals surface area contributed by atoms with Crippen molar-refractivity contribution in [2.45, 2.75) is 39.0 Å². The molecule has 1 aromatic carbocycles. The lowest BCUT2D eigenvalue weighted by Crippen LogP contribution is -2.34. The van der Waals surface area contributed by atoms with E-state index in [1.165, 1.54) is 6.07 Å². The predicted octanol–water partition coefficient (Wildman–Crippen LogP) is 4.09. The average molecular weight is 389 g/mol. The van der Waals surface area contributed by atoms with Crippen molar-refractivity contribution in [1.82, 2.24) is 5.32 Å². The van der Waals surface area contributed by atoms with E-state index < -0.39 is 17.7 Å². The highest BCUT2D eigenvalue weighted by Gasteiger charge is 2.40. The van der Waals surface area contributed by atoms with Gasteiger partial charge in [-0.1, -0.05) is 25.1 Å². The molecule has 0 saturated heterocycles.